The molecule has 0 bridgehead atoms. The van der Waals surface area contributed by atoms with Gasteiger partial charge in [-0.05, 0) is 12.5 Å². The molecule has 98 valence electrons. The highest BCUT2D eigenvalue weighted by Gasteiger charge is 2.31. The summed E-state index contributed by atoms with van der Waals surface area (Å²) in [5.41, 5.74) is 7.06. The molecule has 1 aliphatic heterocycles. The van der Waals surface area contributed by atoms with Crippen LogP contribution in [-0.2, 0) is 0 Å². The molecule has 0 radical (unpaired) electrons. The van der Waals surface area contributed by atoms with Gasteiger partial charge in [0.15, 0.2) is 0 Å². The van der Waals surface area contributed by atoms with E-state index in [-0.39, 0.29) is 13.0 Å². The fraction of sp³-hybridized carbons (Fsp3) is 0.455. The largest absolute Gasteiger partial charge is 0.465 e. The highest BCUT2D eigenvalue weighted by atomic mass is 19.1. The number of rotatable bonds is 2. The lowest BCUT2D eigenvalue weighted by Crippen LogP contribution is -2.53. The zero-order chi connectivity index (χ0) is 13.1. The quantitative estimate of drug-likeness (QED) is 0.727. The van der Waals surface area contributed by atoms with Crippen LogP contribution < -0.4 is 16.0 Å². The topological polar surface area (TPSA) is 91.5 Å². The summed E-state index contributed by atoms with van der Waals surface area (Å²) in [4.78, 5) is 16.3. The minimum Gasteiger partial charge on any atom is -0.465 e. The molecule has 1 aliphatic rings. The predicted octanol–water partition coefficient (Wildman–Crippen LogP) is 0.848. The Morgan fingerprint density at radius 3 is 3.11 bits per heavy atom. The van der Waals surface area contributed by atoms with E-state index in [1.807, 2.05) is 4.90 Å². The number of pyridine rings is 1. The van der Waals surface area contributed by atoms with Crippen molar-refractivity contribution in [1.29, 1.82) is 0 Å². The van der Waals surface area contributed by atoms with Gasteiger partial charge in [-0.25, -0.2) is 9.18 Å². The molecule has 2 heterocycles. The molecular weight excluding hydrogens is 239 g/mol. The van der Waals surface area contributed by atoms with E-state index in [0.29, 0.717) is 12.2 Å². The van der Waals surface area contributed by atoms with Gasteiger partial charge in [-0.2, -0.15) is 0 Å². The number of piperidine rings is 1. The number of nitrogens with one attached hydrogen (secondary N) is 1. The summed E-state index contributed by atoms with van der Waals surface area (Å²) in [6.07, 6.45) is 1.02. The molecule has 7 heteroatoms. The maximum Gasteiger partial charge on any atom is 0.405 e. The number of anilines is 2. The molecule has 2 atom stereocenters. The number of hydrogen-bond donors (Lipinski definition) is 3. The summed E-state index contributed by atoms with van der Waals surface area (Å²) in [6.45, 7) is 0.773. The zero-order valence-corrected chi connectivity index (χ0v) is 9.71. The van der Waals surface area contributed by atoms with Crippen molar-refractivity contribution >= 4 is 17.5 Å². The molecule has 0 saturated carbocycles. The van der Waals surface area contributed by atoms with E-state index in [1.165, 1.54) is 6.20 Å². The van der Waals surface area contributed by atoms with Gasteiger partial charge < -0.3 is 21.1 Å². The highest BCUT2D eigenvalue weighted by Crippen LogP contribution is 2.26. The number of alkyl halides is 1. The summed E-state index contributed by atoms with van der Waals surface area (Å²) >= 11 is 0. The fourth-order valence-corrected chi connectivity index (χ4v) is 2.12. The van der Waals surface area contributed by atoms with Gasteiger partial charge in [0.1, 0.15) is 6.17 Å². The number of hydrogen-bond acceptors (Lipinski definition) is 4. The number of halogens is 1. The van der Waals surface area contributed by atoms with Crippen molar-refractivity contribution in [3.8, 4) is 0 Å². The van der Waals surface area contributed by atoms with Gasteiger partial charge in [0, 0.05) is 19.3 Å². The summed E-state index contributed by atoms with van der Waals surface area (Å²) in [5, 5.41) is 10.9. The van der Waals surface area contributed by atoms with Crippen LogP contribution in [0.4, 0.5) is 20.6 Å². The third-order valence-electron chi connectivity index (χ3n) is 3.01. The van der Waals surface area contributed by atoms with Crippen LogP contribution in [0.3, 0.4) is 0 Å². The Balaban J connectivity index is 2.12. The van der Waals surface area contributed by atoms with Gasteiger partial charge in [-0.1, -0.05) is 0 Å². The molecule has 4 N–H and O–H groups in total. The van der Waals surface area contributed by atoms with Crippen LogP contribution in [0.1, 0.15) is 6.42 Å². The van der Waals surface area contributed by atoms with Gasteiger partial charge in [-0.3, -0.25) is 4.98 Å². The van der Waals surface area contributed by atoms with Crippen LogP contribution in [0.15, 0.2) is 18.5 Å². The normalized spacial score (nSPS) is 23.7. The first-order valence-electron chi connectivity index (χ1n) is 5.66. The van der Waals surface area contributed by atoms with E-state index in [0.717, 1.165) is 5.69 Å². The summed E-state index contributed by atoms with van der Waals surface area (Å²) < 4.78 is 13.6. The van der Waals surface area contributed by atoms with E-state index < -0.39 is 18.3 Å². The molecule has 0 aromatic carbocycles. The van der Waals surface area contributed by atoms with Gasteiger partial charge in [0.25, 0.3) is 0 Å². The van der Waals surface area contributed by atoms with Crippen LogP contribution in [0, 0.1) is 0 Å². The number of aromatic nitrogens is 1. The standard InChI is InChI=1S/C11H15FN4O2/c12-7-2-4-16(6-9(7)15-11(17)18)10-1-3-14-5-8(10)13/h1,3,5,7,9,15H,2,4,6,13H2,(H,17,18)/t7-,9-/m0/s1. The first-order chi connectivity index (χ1) is 8.58. The van der Waals surface area contributed by atoms with Crippen LogP contribution in [0.2, 0.25) is 0 Å². The summed E-state index contributed by atoms with van der Waals surface area (Å²) in [5.74, 6) is 0. The van der Waals surface area contributed by atoms with Crippen LogP contribution in [0.5, 0.6) is 0 Å². The second-order valence-corrected chi connectivity index (χ2v) is 4.24. The van der Waals surface area contributed by atoms with Gasteiger partial charge in [0.2, 0.25) is 0 Å². The Morgan fingerprint density at radius 1 is 1.67 bits per heavy atom. The van der Waals surface area contributed by atoms with Crippen molar-refractivity contribution < 1.29 is 14.3 Å². The molecular formula is C11H15FN4O2. The lowest BCUT2D eigenvalue weighted by molar-refractivity contribution is 0.167. The van der Waals surface area contributed by atoms with E-state index >= 15 is 0 Å². The third-order valence-corrected chi connectivity index (χ3v) is 3.01. The van der Waals surface area contributed by atoms with Gasteiger partial charge in [0.05, 0.1) is 23.6 Å². The molecule has 0 spiro atoms. The van der Waals surface area contributed by atoms with Crippen LogP contribution in [0.25, 0.3) is 0 Å². The molecule has 0 unspecified atom stereocenters. The van der Waals surface area contributed by atoms with Crippen molar-refractivity contribution in [3.63, 3.8) is 0 Å². The number of nitrogens with zero attached hydrogens (tertiary/aromatic N) is 2. The number of carbonyl (C=O) groups is 1. The number of nitrogen functional groups attached to an aromatic ring is 1. The number of nitrogens with two attached hydrogens (primary N) is 1. The molecule has 1 aromatic heterocycles. The van der Waals surface area contributed by atoms with Crippen LogP contribution >= 0.6 is 0 Å². The molecule has 6 nitrogen and oxygen atoms in total. The lowest BCUT2D eigenvalue weighted by atomic mass is 10.0. The van der Waals surface area contributed by atoms with Crippen LogP contribution in [-0.4, -0.2) is 41.5 Å². The average molecular weight is 254 g/mol. The zero-order valence-electron chi connectivity index (χ0n) is 9.71. The smallest absolute Gasteiger partial charge is 0.405 e. The third kappa shape index (κ3) is 2.61. The molecule has 2 rings (SSSR count). The Labute approximate surface area is 104 Å². The number of amides is 1. The first kappa shape index (κ1) is 12.4. The van der Waals surface area contributed by atoms with E-state index in [4.69, 9.17) is 10.8 Å². The fourth-order valence-electron chi connectivity index (χ4n) is 2.12. The maximum atomic E-state index is 13.6. The predicted molar refractivity (Wildman–Crippen MR) is 65.3 cm³/mol. The molecule has 1 amide bonds. The Kier molecular flexibility index (Phi) is 3.50. The SMILES string of the molecule is Nc1cnccc1N1CC[C@H](F)[C@@H](NC(=O)O)C1. The average Bonchev–Trinajstić information content (AvgIpc) is 2.32. The Hall–Kier alpha value is -2.05. The molecule has 1 aromatic rings. The van der Waals surface area contributed by atoms with E-state index in [2.05, 4.69) is 10.3 Å². The first-order valence-corrected chi connectivity index (χ1v) is 5.66. The Morgan fingerprint density at radius 2 is 2.44 bits per heavy atom. The molecule has 1 saturated heterocycles. The van der Waals surface area contributed by atoms with E-state index in [1.54, 1.807) is 12.3 Å². The summed E-state index contributed by atoms with van der Waals surface area (Å²) in [6, 6.07) is 1.01. The molecule has 18 heavy (non-hydrogen) atoms. The molecule has 1 fully saturated rings. The lowest BCUT2D eigenvalue weighted by Gasteiger charge is -2.36. The van der Waals surface area contributed by atoms with Crippen molar-refractivity contribution in [3.05, 3.63) is 18.5 Å². The summed E-state index contributed by atoms with van der Waals surface area (Å²) in [7, 11) is 0. The van der Waals surface area contributed by atoms with Crippen molar-refractivity contribution in [1.82, 2.24) is 10.3 Å². The Bertz CT molecular complexity index is 443. The second kappa shape index (κ2) is 5.07. The van der Waals surface area contributed by atoms with Gasteiger partial charge >= 0.3 is 6.09 Å². The minimum absolute atomic E-state index is 0.266. The minimum atomic E-state index is -1.22. The second-order valence-electron chi connectivity index (χ2n) is 4.24. The van der Waals surface area contributed by atoms with Crippen molar-refractivity contribution in [2.45, 2.75) is 18.6 Å². The van der Waals surface area contributed by atoms with Crippen molar-refractivity contribution in [2.75, 3.05) is 23.7 Å². The number of carboxylic acid groups (broad SMARTS) is 1. The maximum absolute atomic E-state index is 13.6. The monoisotopic (exact) mass is 254 g/mol. The van der Waals surface area contributed by atoms with E-state index in [9.17, 15) is 9.18 Å². The van der Waals surface area contributed by atoms with Crippen molar-refractivity contribution in [2.24, 2.45) is 0 Å². The molecule has 0 aliphatic carbocycles. The van der Waals surface area contributed by atoms with Gasteiger partial charge in [-0.15, -0.1) is 0 Å². The highest BCUT2D eigenvalue weighted by molar-refractivity contribution is 5.67.